The zero-order valence-corrected chi connectivity index (χ0v) is 16.3. The fourth-order valence-corrected chi connectivity index (χ4v) is 4.74. The summed E-state index contributed by atoms with van der Waals surface area (Å²) in [6.45, 7) is 6.41. The molecule has 26 heavy (non-hydrogen) atoms. The van der Waals surface area contributed by atoms with Gasteiger partial charge in [-0.2, -0.15) is 0 Å². The summed E-state index contributed by atoms with van der Waals surface area (Å²) in [5, 5.41) is 0. The van der Waals surface area contributed by atoms with Gasteiger partial charge in [0.25, 0.3) is 0 Å². The molecule has 1 aromatic rings. The van der Waals surface area contributed by atoms with E-state index in [0.717, 1.165) is 31.6 Å². The van der Waals surface area contributed by atoms with Crippen LogP contribution in [0, 0.1) is 11.3 Å². The first kappa shape index (κ1) is 18.2. The highest BCUT2D eigenvalue weighted by Crippen LogP contribution is 2.43. The second-order valence-electron chi connectivity index (χ2n) is 8.70. The molecular weight excluding hydrogens is 326 g/mol. The summed E-state index contributed by atoms with van der Waals surface area (Å²) in [4.78, 5) is 9.43. The van der Waals surface area contributed by atoms with Crippen molar-refractivity contribution in [3.63, 3.8) is 0 Å². The predicted molar refractivity (Wildman–Crippen MR) is 102 cm³/mol. The van der Waals surface area contributed by atoms with Gasteiger partial charge < -0.3 is 14.4 Å². The van der Waals surface area contributed by atoms with Gasteiger partial charge >= 0.3 is 0 Å². The molecule has 0 aromatic carbocycles. The topological polar surface area (TPSA) is 37.8 Å². The van der Waals surface area contributed by atoms with E-state index in [1.54, 1.807) is 13.3 Å². The number of ether oxygens (including phenoxy) is 2. The molecule has 0 N–H and O–H groups in total. The molecule has 1 aromatic heterocycles. The number of piperidine rings is 1. The van der Waals surface area contributed by atoms with Gasteiger partial charge in [-0.15, -0.1) is 0 Å². The molecule has 2 aliphatic heterocycles. The van der Waals surface area contributed by atoms with Crippen LogP contribution >= 0.6 is 0 Å². The lowest BCUT2D eigenvalue weighted by Crippen LogP contribution is -2.40. The Labute approximate surface area is 157 Å². The van der Waals surface area contributed by atoms with Gasteiger partial charge in [0.05, 0.1) is 13.7 Å². The van der Waals surface area contributed by atoms with Gasteiger partial charge in [-0.25, -0.2) is 4.98 Å². The van der Waals surface area contributed by atoms with E-state index in [0.29, 0.717) is 11.5 Å². The van der Waals surface area contributed by atoms with Crippen molar-refractivity contribution < 1.29 is 9.47 Å². The second kappa shape index (κ2) is 7.83. The summed E-state index contributed by atoms with van der Waals surface area (Å²) < 4.78 is 11.4. The van der Waals surface area contributed by atoms with Gasteiger partial charge in [0.2, 0.25) is 5.88 Å². The third-order valence-electron chi connectivity index (χ3n) is 6.59. The number of methoxy groups -OCH3 is 1. The molecule has 5 nitrogen and oxygen atoms in total. The van der Waals surface area contributed by atoms with E-state index < -0.39 is 0 Å². The zero-order valence-electron chi connectivity index (χ0n) is 16.3. The molecule has 3 fully saturated rings. The molecule has 0 bridgehead atoms. The van der Waals surface area contributed by atoms with Crippen LogP contribution in [-0.2, 0) is 11.3 Å². The van der Waals surface area contributed by atoms with Crippen molar-refractivity contribution in [1.29, 1.82) is 0 Å². The highest BCUT2D eigenvalue weighted by atomic mass is 16.5. The van der Waals surface area contributed by atoms with Crippen molar-refractivity contribution in [1.82, 2.24) is 14.8 Å². The fourth-order valence-electron chi connectivity index (χ4n) is 4.74. The van der Waals surface area contributed by atoms with Gasteiger partial charge in [-0.1, -0.05) is 6.07 Å². The lowest BCUT2D eigenvalue weighted by Gasteiger charge is -2.39. The Morgan fingerprint density at radius 3 is 2.77 bits per heavy atom. The van der Waals surface area contributed by atoms with Crippen LogP contribution in [0.4, 0.5) is 0 Å². The van der Waals surface area contributed by atoms with Gasteiger partial charge in [-0.3, -0.25) is 4.90 Å². The van der Waals surface area contributed by atoms with E-state index in [-0.39, 0.29) is 0 Å². The Morgan fingerprint density at radius 2 is 2.04 bits per heavy atom. The molecule has 0 amide bonds. The molecule has 3 heterocycles. The molecule has 2 saturated heterocycles. The molecule has 4 rings (SSSR count). The largest absolute Gasteiger partial charge is 0.481 e. The molecule has 1 saturated carbocycles. The average Bonchev–Trinajstić information content (AvgIpc) is 3.42. The number of likely N-dealkylation sites (tertiary alicyclic amines) is 2. The molecule has 0 radical (unpaired) electrons. The average molecular weight is 360 g/mol. The van der Waals surface area contributed by atoms with Crippen LogP contribution in [0.25, 0.3) is 0 Å². The maximum absolute atomic E-state index is 6.00. The number of pyridine rings is 1. The van der Waals surface area contributed by atoms with Gasteiger partial charge in [0, 0.05) is 37.5 Å². The summed E-state index contributed by atoms with van der Waals surface area (Å²) >= 11 is 0. The number of nitrogens with zero attached hydrogens (tertiary/aromatic N) is 3. The van der Waals surface area contributed by atoms with Crippen LogP contribution in [-0.4, -0.2) is 67.8 Å². The molecule has 144 valence electrons. The van der Waals surface area contributed by atoms with Gasteiger partial charge in [0.15, 0.2) is 0 Å². The molecule has 1 atom stereocenters. The van der Waals surface area contributed by atoms with E-state index in [1.165, 1.54) is 57.3 Å². The first-order valence-corrected chi connectivity index (χ1v) is 10.2. The third-order valence-corrected chi connectivity index (χ3v) is 6.59. The van der Waals surface area contributed by atoms with Crippen molar-refractivity contribution in [3.05, 3.63) is 23.9 Å². The number of likely N-dealkylation sites (N-methyl/N-ethyl adjacent to an activating group) is 1. The quantitative estimate of drug-likeness (QED) is 0.748. The van der Waals surface area contributed by atoms with Gasteiger partial charge in [0.1, 0.15) is 0 Å². The Bertz CT molecular complexity index is 597. The van der Waals surface area contributed by atoms with Crippen LogP contribution in [0.3, 0.4) is 0 Å². The van der Waals surface area contributed by atoms with Crippen LogP contribution in [0.2, 0.25) is 0 Å². The number of rotatable bonds is 7. The second-order valence-corrected chi connectivity index (χ2v) is 8.70. The monoisotopic (exact) mass is 359 g/mol. The first-order chi connectivity index (χ1) is 12.7. The minimum atomic E-state index is 0.498. The Morgan fingerprint density at radius 1 is 1.23 bits per heavy atom. The summed E-state index contributed by atoms with van der Waals surface area (Å²) in [6, 6.07) is 4.74. The van der Waals surface area contributed by atoms with Crippen molar-refractivity contribution in [3.8, 4) is 5.88 Å². The molecule has 1 aliphatic carbocycles. The Hall–Kier alpha value is -1.17. The smallest absolute Gasteiger partial charge is 0.217 e. The van der Waals surface area contributed by atoms with Crippen molar-refractivity contribution in [2.75, 3.05) is 47.0 Å². The highest BCUT2D eigenvalue weighted by Gasteiger charge is 2.44. The van der Waals surface area contributed by atoms with Crippen molar-refractivity contribution in [2.45, 2.75) is 44.7 Å². The van der Waals surface area contributed by atoms with Crippen molar-refractivity contribution in [2.24, 2.45) is 11.3 Å². The maximum atomic E-state index is 6.00. The van der Waals surface area contributed by atoms with Crippen LogP contribution in [0.15, 0.2) is 18.3 Å². The molecule has 3 aliphatic rings. The van der Waals surface area contributed by atoms with E-state index in [2.05, 4.69) is 27.9 Å². The van der Waals surface area contributed by atoms with E-state index in [1.807, 2.05) is 6.07 Å². The number of hydrogen-bond donors (Lipinski definition) is 0. The van der Waals surface area contributed by atoms with Gasteiger partial charge in [-0.05, 0) is 69.6 Å². The SMILES string of the molecule is COc1ncccc1CN1CCC2(CC1)CC(COCC1CC1)N(C)C2. The standard InChI is InChI=1S/C21H33N3O2/c1-23-16-21(12-19(23)15-26-14-17-5-6-17)7-10-24(11-8-21)13-18-4-3-9-22-20(18)25-2/h3-4,9,17,19H,5-8,10-16H2,1-2H3. The Balaban J connectivity index is 1.27. The Kier molecular flexibility index (Phi) is 5.48. The van der Waals surface area contributed by atoms with E-state index in [4.69, 9.17) is 9.47 Å². The normalized spacial score (nSPS) is 26.5. The van der Waals surface area contributed by atoms with Crippen LogP contribution in [0.5, 0.6) is 5.88 Å². The number of hydrogen-bond acceptors (Lipinski definition) is 5. The fraction of sp³-hybridized carbons (Fsp3) is 0.762. The predicted octanol–water partition coefficient (Wildman–Crippen LogP) is 2.80. The van der Waals surface area contributed by atoms with Crippen LogP contribution in [0.1, 0.15) is 37.7 Å². The zero-order chi connectivity index (χ0) is 18.0. The molecule has 1 spiro atoms. The minimum Gasteiger partial charge on any atom is -0.481 e. The highest BCUT2D eigenvalue weighted by molar-refractivity contribution is 5.25. The van der Waals surface area contributed by atoms with Crippen LogP contribution < -0.4 is 4.74 Å². The maximum Gasteiger partial charge on any atom is 0.217 e. The van der Waals surface area contributed by atoms with E-state index in [9.17, 15) is 0 Å². The third kappa shape index (κ3) is 4.21. The lowest BCUT2D eigenvalue weighted by atomic mass is 9.76. The molecule has 1 unspecified atom stereocenters. The number of aromatic nitrogens is 1. The minimum absolute atomic E-state index is 0.498. The summed E-state index contributed by atoms with van der Waals surface area (Å²) in [5.41, 5.74) is 1.69. The summed E-state index contributed by atoms with van der Waals surface area (Å²) in [7, 11) is 3.99. The first-order valence-electron chi connectivity index (χ1n) is 10.2. The summed E-state index contributed by atoms with van der Waals surface area (Å²) in [5.74, 6) is 1.63. The van der Waals surface area contributed by atoms with Crippen molar-refractivity contribution >= 4 is 0 Å². The van der Waals surface area contributed by atoms with E-state index >= 15 is 0 Å². The molecule has 5 heteroatoms. The molecular formula is C21H33N3O2. The lowest BCUT2D eigenvalue weighted by molar-refractivity contribution is 0.0776. The summed E-state index contributed by atoms with van der Waals surface area (Å²) in [6.07, 6.45) is 8.44.